The van der Waals surface area contributed by atoms with Gasteiger partial charge in [0.05, 0.1) is 0 Å². The number of hydrogen-bond donors (Lipinski definition) is 1. The number of rotatable bonds is 6. The SMILES string of the molecule is CCCNC(CC1CC2CCC1C2)c1cc(C)cc(F)c1. The molecule has 0 spiro atoms. The highest BCUT2D eigenvalue weighted by Crippen LogP contribution is 2.51. The maximum atomic E-state index is 13.7. The maximum absolute atomic E-state index is 13.7. The fraction of sp³-hybridized carbons (Fsp3) is 0.684. The third-order valence-corrected chi connectivity index (χ3v) is 5.53. The van der Waals surface area contributed by atoms with Crippen LogP contribution in [-0.4, -0.2) is 6.54 Å². The van der Waals surface area contributed by atoms with Gasteiger partial charge in [-0.25, -0.2) is 4.39 Å². The summed E-state index contributed by atoms with van der Waals surface area (Å²) in [5.74, 6) is 2.68. The van der Waals surface area contributed by atoms with Gasteiger partial charge in [0.2, 0.25) is 0 Å². The summed E-state index contributed by atoms with van der Waals surface area (Å²) in [7, 11) is 0. The van der Waals surface area contributed by atoms with Crippen molar-refractivity contribution >= 4 is 0 Å². The van der Waals surface area contributed by atoms with Crippen LogP contribution < -0.4 is 5.32 Å². The van der Waals surface area contributed by atoms with Crippen molar-refractivity contribution in [2.75, 3.05) is 6.54 Å². The standard InChI is InChI=1S/C19H28FN/c1-3-6-21-19(17-7-13(2)8-18(20)11-17)12-16-10-14-4-5-15(16)9-14/h7-8,11,14-16,19,21H,3-6,9-10,12H2,1-2H3. The third-order valence-electron chi connectivity index (χ3n) is 5.53. The normalized spacial score (nSPS) is 29.0. The summed E-state index contributed by atoms with van der Waals surface area (Å²) in [6.07, 6.45) is 8.05. The van der Waals surface area contributed by atoms with Crippen LogP contribution in [0.15, 0.2) is 18.2 Å². The molecule has 4 unspecified atom stereocenters. The monoisotopic (exact) mass is 289 g/mol. The third kappa shape index (κ3) is 3.48. The summed E-state index contributed by atoms with van der Waals surface area (Å²) >= 11 is 0. The minimum absolute atomic E-state index is 0.0961. The van der Waals surface area contributed by atoms with Crippen molar-refractivity contribution in [3.05, 3.63) is 35.1 Å². The Balaban J connectivity index is 1.73. The van der Waals surface area contributed by atoms with Crippen LogP contribution in [-0.2, 0) is 0 Å². The Morgan fingerprint density at radius 1 is 1.24 bits per heavy atom. The summed E-state index contributed by atoms with van der Waals surface area (Å²) in [6, 6.07) is 5.83. The van der Waals surface area contributed by atoms with Gasteiger partial charge >= 0.3 is 0 Å². The molecule has 116 valence electrons. The van der Waals surface area contributed by atoms with Crippen molar-refractivity contribution in [3.63, 3.8) is 0 Å². The molecule has 2 aliphatic carbocycles. The van der Waals surface area contributed by atoms with Gasteiger partial charge < -0.3 is 5.32 Å². The molecule has 2 saturated carbocycles. The van der Waals surface area contributed by atoms with E-state index in [1.165, 1.54) is 32.1 Å². The zero-order valence-electron chi connectivity index (χ0n) is 13.4. The first-order valence-electron chi connectivity index (χ1n) is 8.66. The van der Waals surface area contributed by atoms with E-state index in [0.29, 0.717) is 6.04 Å². The summed E-state index contributed by atoms with van der Waals surface area (Å²) in [5.41, 5.74) is 2.17. The van der Waals surface area contributed by atoms with E-state index in [1.807, 2.05) is 6.92 Å². The zero-order chi connectivity index (χ0) is 14.8. The molecule has 2 fully saturated rings. The lowest BCUT2D eigenvalue weighted by Gasteiger charge is -2.28. The molecule has 0 saturated heterocycles. The van der Waals surface area contributed by atoms with Crippen LogP contribution >= 0.6 is 0 Å². The molecular formula is C19H28FN. The van der Waals surface area contributed by atoms with Gasteiger partial charge in [0.1, 0.15) is 5.82 Å². The molecule has 0 amide bonds. The smallest absolute Gasteiger partial charge is 0.123 e. The number of aryl methyl sites for hydroxylation is 1. The first-order chi connectivity index (χ1) is 10.2. The molecule has 21 heavy (non-hydrogen) atoms. The first kappa shape index (κ1) is 15.0. The molecule has 0 aromatic heterocycles. The number of fused-ring (bicyclic) bond motifs is 2. The lowest BCUT2D eigenvalue weighted by molar-refractivity contribution is 0.279. The maximum Gasteiger partial charge on any atom is 0.123 e. The second-order valence-corrected chi connectivity index (χ2v) is 7.24. The number of nitrogens with one attached hydrogen (secondary N) is 1. The van der Waals surface area contributed by atoms with Crippen molar-refractivity contribution in [2.24, 2.45) is 17.8 Å². The first-order valence-corrected chi connectivity index (χ1v) is 8.66. The van der Waals surface area contributed by atoms with Crippen LogP contribution in [0.2, 0.25) is 0 Å². The van der Waals surface area contributed by atoms with Crippen molar-refractivity contribution in [3.8, 4) is 0 Å². The molecule has 2 aliphatic rings. The lowest BCUT2D eigenvalue weighted by Crippen LogP contribution is -2.26. The quantitative estimate of drug-likeness (QED) is 0.777. The largest absolute Gasteiger partial charge is 0.310 e. The molecule has 4 atom stereocenters. The summed E-state index contributed by atoms with van der Waals surface area (Å²) in [6.45, 7) is 5.19. The molecule has 1 N–H and O–H groups in total. The summed E-state index contributed by atoms with van der Waals surface area (Å²) in [4.78, 5) is 0. The zero-order valence-corrected chi connectivity index (χ0v) is 13.4. The fourth-order valence-electron chi connectivity index (χ4n) is 4.59. The van der Waals surface area contributed by atoms with E-state index in [-0.39, 0.29) is 5.82 Å². The second-order valence-electron chi connectivity index (χ2n) is 7.24. The van der Waals surface area contributed by atoms with Gasteiger partial charge in [0.15, 0.2) is 0 Å². The van der Waals surface area contributed by atoms with Crippen molar-refractivity contribution in [2.45, 2.75) is 58.4 Å². The minimum atomic E-state index is -0.0961. The Hall–Kier alpha value is -0.890. The van der Waals surface area contributed by atoms with Crippen LogP contribution in [0.5, 0.6) is 0 Å². The highest BCUT2D eigenvalue weighted by atomic mass is 19.1. The molecule has 1 nitrogen and oxygen atoms in total. The molecule has 2 bridgehead atoms. The van der Waals surface area contributed by atoms with Crippen LogP contribution in [0.4, 0.5) is 4.39 Å². The highest BCUT2D eigenvalue weighted by Gasteiger charge is 2.40. The van der Waals surface area contributed by atoms with E-state index >= 15 is 0 Å². The van der Waals surface area contributed by atoms with Crippen molar-refractivity contribution in [1.29, 1.82) is 0 Å². The van der Waals surface area contributed by atoms with Crippen LogP contribution in [0.3, 0.4) is 0 Å². The summed E-state index contributed by atoms with van der Waals surface area (Å²) in [5, 5.41) is 3.66. The Labute approximate surface area is 128 Å². The van der Waals surface area contributed by atoms with Crippen LogP contribution in [0.1, 0.15) is 62.6 Å². The molecule has 0 aliphatic heterocycles. The molecule has 2 heteroatoms. The highest BCUT2D eigenvalue weighted by molar-refractivity contribution is 5.26. The molecule has 3 rings (SSSR count). The second kappa shape index (κ2) is 6.48. The van der Waals surface area contributed by atoms with Gasteiger partial charge in [-0.1, -0.05) is 19.4 Å². The molecule has 0 heterocycles. The van der Waals surface area contributed by atoms with E-state index in [4.69, 9.17) is 0 Å². The van der Waals surface area contributed by atoms with E-state index in [1.54, 1.807) is 12.1 Å². The van der Waals surface area contributed by atoms with E-state index in [2.05, 4.69) is 18.3 Å². The molecule has 1 aromatic rings. The molecule has 1 aromatic carbocycles. The number of benzene rings is 1. The van der Waals surface area contributed by atoms with Crippen LogP contribution in [0, 0.1) is 30.5 Å². The molecule has 0 radical (unpaired) electrons. The predicted octanol–water partition coefficient (Wildman–Crippen LogP) is 5.00. The average molecular weight is 289 g/mol. The average Bonchev–Trinajstić information content (AvgIpc) is 3.04. The van der Waals surface area contributed by atoms with Crippen molar-refractivity contribution in [1.82, 2.24) is 5.32 Å². The van der Waals surface area contributed by atoms with Gasteiger partial charge in [-0.3, -0.25) is 0 Å². The van der Waals surface area contributed by atoms with Gasteiger partial charge in [0.25, 0.3) is 0 Å². The van der Waals surface area contributed by atoms with Gasteiger partial charge in [-0.15, -0.1) is 0 Å². The molecular weight excluding hydrogens is 261 g/mol. The van der Waals surface area contributed by atoms with Gasteiger partial charge in [-0.2, -0.15) is 0 Å². The Morgan fingerprint density at radius 2 is 2.10 bits per heavy atom. The van der Waals surface area contributed by atoms with E-state index < -0.39 is 0 Å². The summed E-state index contributed by atoms with van der Waals surface area (Å²) < 4.78 is 13.7. The predicted molar refractivity (Wildman–Crippen MR) is 85.7 cm³/mol. The van der Waals surface area contributed by atoms with Gasteiger partial charge in [0, 0.05) is 6.04 Å². The van der Waals surface area contributed by atoms with Crippen molar-refractivity contribution < 1.29 is 4.39 Å². The fourth-order valence-corrected chi connectivity index (χ4v) is 4.59. The number of hydrogen-bond acceptors (Lipinski definition) is 1. The number of halogens is 1. The van der Waals surface area contributed by atoms with Crippen LogP contribution in [0.25, 0.3) is 0 Å². The van der Waals surface area contributed by atoms with Gasteiger partial charge in [-0.05, 0) is 86.6 Å². The Bertz CT molecular complexity index is 464. The minimum Gasteiger partial charge on any atom is -0.310 e. The Kier molecular flexibility index (Phi) is 4.63. The van der Waals surface area contributed by atoms with E-state index in [9.17, 15) is 4.39 Å². The topological polar surface area (TPSA) is 12.0 Å². The Morgan fingerprint density at radius 3 is 2.71 bits per heavy atom. The van der Waals surface area contributed by atoms with E-state index in [0.717, 1.165) is 41.8 Å². The lowest BCUT2D eigenvalue weighted by atomic mass is 9.82.